The molecule has 1 nitrogen and oxygen atoms in total. The van der Waals surface area contributed by atoms with Gasteiger partial charge in [-0.1, -0.05) is 200 Å². The molecule has 0 fully saturated rings. The zero-order chi connectivity index (χ0) is 43.6. The van der Waals surface area contributed by atoms with Gasteiger partial charge in [0.25, 0.3) is 0 Å². The van der Waals surface area contributed by atoms with Crippen LogP contribution in [0.15, 0.2) is 261 Å². The van der Waals surface area contributed by atoms with Gasteiger partial charge in [-0.2, -0.15) is 0 Å². The van der Waals surface area contributed by atoms with Crippen molar-refractivity contribution in [2.45, 2.75) is 5.41 Å². The Morgan fingerprint density at radius 1 is 0.258 bits per heavy atom. The van der Waals surface area contributed by atoms with E-state index in [1.165, 1.54) is 98.7 Å². The molecule has 0 bridgehead atoms. The van der Waals surface area contributed by atoms with Crippen molar-refractivity contribution in [3.63, 3.8) is 0 Å². The highest BCUT2D eigenvalue weighted by Crippen LogP contribution is 2.57. The third kappa shape index (κ3) is 5.87. The standard InChI is InChI=1S/C65H43N/c1-5-21-50(22-6-1)65(51-23-7-2-8-24-51)61-32-18-17-29-55(61)58-43-49(36-38-62(58)65)64-57-31-16-15-30-56(57)63(59-41-44-19-13-14-20-45(44)42-60(59)64)48-34-33-47-40-54(37-35-46(47)39-48)66(52-25-9-3-10-26-52)53-27-11-4-12-28-53/h1-43H. The Kier molecular flexibility index (Phi) is 8.82. The van der Waals surface area contributed by atoms with Crippen LogP contribution in [-0.2, 0) is 5.41 Å². The minimum atomic E-state index is -0.449. The van der Waals surface area contributed by atoms with Crippen LogP contribution >= 0.6 is 0 Å². The summed E-state index contributed by atoms with van der Waals surface area (Å²) in [5, 5.41) is 9.87. The van der Waals surface area contributed by atoms with Gasteiger partial charge in [0, 0.05) is 17.1 Å². The van der Waals surface area contributed by atoms with Crippen LogP contribution in [0.4, 0.5) is 17.1 Å². The molecule has 1 aliphatic carbocycles. The third-order valence-electron chi connectivity index (χ3n) is 14.0. The fourth-order valence-electron chi connectivity index (χ4n) is 11.2. The number of anilines is 3. The molecule has 0 atom stereocenters. The molecule has 1 aliphatic rings. The van der Waals surface area contributed by atoms with Gasteiger partial charge in [-0.15, -0.1) is 0 Å². The lowest BCUT2D eigenvalue weighted by molar-refractivity contribution is 0.768. The van der Waals surface area contributed by atoms with Gasteiger partial charge in [0.05, 0.1) is 5.41 Å². The quantitative estimate of drug-likeness (QED) is 0.145. The Labute approximate surface area is 385 Å². The largest absolute Gasteiger partial charge is 0.310 e. The maximum absolute atomic E-state index is 2.49. The van der Waals surface area contributed by atoms with Crippen LogP contribution < -0.4 is 4.90 Å². The number of nitrogens with zero attached hydrogens (tertiary/aromatic N) is 1. The summed E-state index contributed by atoms with van der Waals surface area (Å²) in [6.07, 6.45) is 0. The SMILES string of the molecule is c1ccc(N(c2ccccc2)c2ccc3cc(-c4c5ccccc5c(-c5ccc6c(c5)-c5ccccc5C6(c5ccccc5)c5ccccc5)c5cc6ccccc6cc45)ccc3c2)cc1. The lowest BCUT2D eigenvalue weighted by atomic mass is 9.67. The highest BCUT2D eigenvalue weighted by molar-refractivity contribution is 6.24. The lowest BCUT2D eigenvalue weighted by Gasteiger charge is -2.34. The van der Waals surface area contributed by atoms with Gasteiger partial charge in [0.2, 0.25) is 0 Å². The normalized spacial score (nSPS) is 12.7. The summed E-state index contributed by atoms with van der Waals surface area (Å²) < 4.78 is 0. The predicted octanol–water partition coefficient (Wildman–Crippen LogP) is 17.5. The Hall–Kier alpha value is -8.52. The zero-order valence-corrected chi connectivity index (χ0v) is 36.3. The van der Waals surface area contributed by atoms with Crippen LogP contribution in [0.25, 0.3) is 76.5 Å². The molecule has 0 radical (unpaired) electrons. The van der Waals surface area contributed by atoms with E-state index >= 15 is 0 Å². The van der Waals surface area contributed by atoms with Gasteiger partial charge in [-0.05, 0) is 159 Å². The fourth-order valence-corrected chi connectivity index (χ4v) is 11.2. The molecule has 66 heavy (non-hydrogen) atoms. The Balaban J connectivity index is 1.03. The van der Waals surface area contributed by atoms with E-state index in [1.807, 2.05) is 0 Å². The molecule has 0 spiro atoms. The summed E-state index contributed by atoms with van der Waals surface area (Å²) in [7, 11) is 0. The smallest absolute Gasteiger partial charge is 0.0713 e. The van der Waals surface area contributed by atoms with Gasteiger partial charge < -0.3 is 4.90 Å². The Morgan fingerprint density at radius 2 is 0.697 bits per heavy atom. The number of benzene rings is 12. The highest BCUT2D eigenvalue weighted by Gasteiger charge is 2.46. The molecule has 12 aromatic rings. The van der Waals surface area contributed by atoms with E-state index in [4.69, 9.17) is 0 Å². The minimum absolute atomic E-state index is 0.449. The van der Waals surface area contributed by atoms with Crippen molar-refractivity contribution in [2.75, 3.05) is 4.90 Å². The maximum Gasteiger partial charge on any atom is 0.0713 e. The average molecular weight is 838 g/mol. The van der Waals surface area contributed by atoms with Gasteiger partial charge >= 0.3 is 0 Å². The van der Waals surface area contributed by atoms with Gasteiger partial charge in [0.1, 0.15) is 0 Å². The number of para-hydroxylation sites is 2. The average Bonchev–Trinajstić information content (AvgIpc) is 3.69. The molecule has 308 valence electrons. The molecular formula is C65H43N. The number of hydrogen-bond acceptors (Lipinski definition) is 1. The van der Waals surface area contributed by atoms with Crippen molar-refractivity contribution in [3.05, 3.63) is 283 Å². The van der Waals surface area contributed by atoms with Crippen molar-refractivity contribution < 1.29 is 0 Å². The summed E-state index contributed by atoms with van der Waals surface area (Å²) in [6, 6.07) is 96.4. The molecule has 1 heteroatoms. The summed E-state index contributed by atoms with van der Waals surface area (Å²) in [5.41, 5.74) is 15.6. The molecule has 0 saturated carbocycles. The van der Waals surface area contributed by atoms with Gasteiger partial charge in [-0.25, -0.2) is 0 Å². The zero-order valence-electron chi connectivity index (χ0n) is 36.3. The van der Waals surface area contributed by atoms with E-state index in [0.29, 0.717) is 0 Å². The predicted molar refractivity (Wildman–Crippen MR) is 279 cm³/mol. The third-order valence-corrected chi connectivity index (χ3v) is 14.0. The highest BCUT2D eigenvalue weighted by atomic mass is 15.1. The molecule has 0 aromatic heterocycles. The second-order valence-electron chi connectivity index (χ2n) is 17.6. The second kappa shape index (κ2) is 15.3. The molecule has 0 unspecified atom stereocenters. The maximum atomic E-state index is 2.49. The van der Waals surface area contributed by atoms with E-state index in [-0.39, 0.29) is 0 Å². The molecule has 0 amide bonds. The van der Waals surface area contributed by atoms with Crippen LogP contribution in [-0.4, -0.2) is 0 Å². The van der Waals surface area contributed by atoms with E-state index in [1.54, 1.807) is 0 Å². The molecule has 0 aliphatic heterocycles. The number of fused-ring (bicyclic) bond motifs is 7. The van der Waals surface area contributed by atoms with E-state index in [9.17, 15) is 0 Å². The molecule has 0 saturated heterocycles. The van der Waals surface area contributed by atoms with E-state index in [2.05, 4.69) is 266 Å². The van der Waals surface area contributed by atoms with Crippen LogP contribution in [0.5, 0.6) is 0 Å². The van der Waals surface area contributed by atoms with Gasteiger partial charge in [0.15, 0.2) is 0 Å². The van der Waals surface area contributed by atoms with E-state index in [0.717, 1.165) is 17.1 Å². The Bertz CT molecular complexity index is 3720. The first-order chi connectivity index (χ1) is 32.7. The van der Waals surface area contributed by atoms with Crippen LogP contribution in [0.3, 0.4) is 0 Å². The summed E-state index contributed by atoms with van der Waals surface area (Å²) in [6.45, 7) is 0. The van der Waals surface area contributed by atoms with Crippen molar-refractivity contribution in [3.8, 4) is 33.4 Å². The molecule has 12 aromatic carbocycles. The van der Waals surface area contributed by atoms with Crippen LogP contribution in [0.1, 0.15) is 22.3 Å². The molecule has 13 rings (SSSR count). The minimum Gasteiger partial charge on any atom is -0.310 e. The summed E-state index contributed by atoms with van der Waals surface area (Å²) in [5.74, 6) is 0. The van der Waals surface area contributed by atoms with E-state index < -0.39 is 5.41 Å². The second-order valence-corrected chi connectivity index (χ2v) is 17.6. The lowest BCUT2D eigenvalue weighted by Crippen LogP contribution is -2.28. The van der Waals surface area contributed by atoms with Crippen LogP contribution in [0, 0.1) is 0 Å². The van der Waals surface area contributed by atoms with Crippen LogP contribution in [0.2, 0.25) is 0 Å². The fraction of sp³-hybridized carbons (Fsp3) is 0.0154. The van der Waals surface area contributed by atoms with Gasteiger partial charge in [-0.3, -0.25) is 0 Å². The summed E-state index contributed by atoms with van der Waals surface area (Å²) >= 11 is 0. The van der Waals surface area contributed by atoms with Crippen molar-refractivity contribution in [2.24, 2.45) is 0 Å². The molecule has 0 N–H and O–H groups in total. The molecule has 0 heterocycles. The first kappa shape index (κ1) is 38.0. The number of hydrogen-bond donors (Lipinski definition) is 0. The van der Waals surface area contributed by atoms with Crippen molar-refractivity contribution in [1.29, 1.82) is 0 Å². The first-order valence-electron chi connectivity index (χ1n) is 22.9. The Morgan fingerprint density at radius 3 is 1.30 bits per heavy atom. The topological polar surface area (TPSA) is 3.24 Å². The van der Waals surface area contributed by atoms with Crippen molar-refractivity contribution in [1.82, 2.24) is 0 Å². The first-order valence-corrected chi connectivity index (χ1v) is 22.9. The summed E-state index contributed by atoms with van der Waals surface area (Å²) in [4.78, 5) is 2.33. The van der Waals surface area contributed by atoms with Crippen molar-refractivity contribution >= 4 is 60.2 Å². The monoisotopic (exact) mass is 837 g/mol. The number of rotatable bonds is 7. The molecular weight excluding hydrogens is 795 g/mol.